The van der Waals surface area contributed by atoms with Gasteiger partial charge in [0.25, 0.3) is 5.88 Å². The average molecular weight is 534 g/mol. The van der Waals surface area contributed by atoms with Crippen molar-refractivity contribution in [1.29, 1.82) is 5.26 Å². The minimum atomic E-state index is -4.73. The fourth-order valence-corrected chi connectivity index (χ4v) is 4.51. The molecule has 0 radical (unpaired) electrons. The first-order chi connectivity index (χ1) is 18.0. The number of halogens is 5. The van der Waals surface area contributed by atoms with Crippen molar-refractivity contribution in [2.24, 2.45) is 0 Å². The van der Waals surface area contributed by atoms with Gasteiger partial charge >= 0.3 is 11.9 Å². The number of hydrogen-bond donors (Lipinski definition) is 0. The molecule has 1 saturated heterocycles. The Labute approximate surface area is 212 Å². The first-order valence-corrected chi connectivity index (χ1v) is 11.4. The van der Waals surface area contributed by atoms with Gasteiger partial charge < -0.3 is 19.1 Å². The monoisotopic (exact) mass is 534 g/mol. The molecule has 3 heterocycles. The number of hydrogen-bond acceptors (Lipinski definition) is 7. The van der Waals surface area contributed by atoms with Gasteiger partial charge in [0.1, 0.15) is 12.4 Å². The minimum Gasteiger partial charge on any atom is -0.471 e. The van der Waals surface area contributed by atoms with Crippen molar-refractivity contribution < 1.29 is 36.2 Å². The van der Waals surface area contributed by atoms with Gasteiger partial charge in [-0.05, 0) is 42.8 Å². The molecule has 0 N–H and O–H groups in total. The zero-order valence-corrected chi connectivity index (χ0v) is 19.8. The third kappa shape index (κ3) is 4.63. The quantitative estimate of drug-likeness (QED) is 0.449. The Hall–Kier alpha value is -4.18. The molecule has 0 unspecified atom stereocenters. The molecule has 5 rings (SSSR count). The zero-order chi connectivity index (χ0) is 27.2. The van der Waals surface area contributed by atoms with Gasteiger partial charge in [0.15, 0.2) is 17.4 Å². The number of anilines is 1. The number of ether oxygens (including phenoxy) is 3. The number of aromatic nitrogens is 2. The van der Waals surface area contributed by atoms with Crippen molar-refractivity contribution in [3.63, 3.8) is 0 Å². The number of benzene rings is 2. The van der Waals surface area contributed by atoms with Crippen LogP contribution in [0.2, 0.25) is 0 Å². The lowest BCUT2D eigenvalue weighted by Crippen LogP contribution is -2.53. The lowest BCUT2D eigenvalue weighted by Gasteiger charge is -2.39. The molecule has 2 aliphatic rings. The molecule has 0 amide bonds. The molecule has 0 aliphatic carbocycles. The van der Waals surface area contributed by atoms with E-state index in [1.165, 1.54) is 10.6 Å². The Morgan fingerprint density at radius 2 is 2.00 bits per heavy atom. The Morgan fingerprint density at radius 3 is 2.71 bits per heavy atom. The number of fused-ring (bicyclic) bond motifs is 3. The standard InChI is InChI=1S/C25H19F5N4O4/c1-24-12-33-22(34(24)4-5-36-13-24)20(27)21(32-23(33)35)37-11-14-2-3-19(18(26)8-14)38-17-7-15(10-31)6-16(9-17)25(28,29)30/h2-3,6-9H,4-5,11-13H2,1H3/t24-/m1/s1. The molecule has 1 atom stereocenters. The molecule has 198 valence electrons. The van der Waals surface area contributed by atoms with Crippen molar-refractivity contribution in [3.8, 4) is 23.4 Å². The highest BCUT2D eigenvalue weighted by Gasteiger charge is 2.45. The maximum absolute atomic E-state index is 15.3. The summed E-state index contributed by atoms with van der Waals surface area (Å²) in [5, 5.41) is 9.00. The van der Waals surface area contributed by atoms with E-state index in [1.807, 2.05) is 6.92 Å². The summed E-state index contributed by atoms with van der Waals surface area (Å²) < 4.78 is 86.7. The molecule has 8 nitrogen and oxygen atoms in total. The van der Waals surface area contributed by atoms with E-state index in [-0.39, 0.29) is 35.8 Å². The molecule has 13 heteroatoms. The van der Waals surface area contributed by atoms with Crippen LogP contribution in [0.5, 0.6) is 17.4 Å². The number of nitrogens with zero attached hydrogens (tertiary/aromatic N) is 4. The van der Waals surface area contributed by atoms with Gasteiger partial charge in [-0.2, -0.15) is 27.8 Å². The first kappa shape index (κ1) is 25.5. The topological polar surface area (TPSA) is 89.6 Å². The van der Waals surface area contributed by atoms with Crippen molar-refractivity contribution in [3.05, 3.63) is 75.2 Å². The third-order valence-electron chi connectivity index (χ3n) is 6.31. The smallest absolute Gasteiger partial charge is 0.416 e. The molecule has 0 saturated carbocycles. The Kier molecular flexibility index (Phi) is 6.22. The number of morpholine rings is 1. The van der Waals surface area contributed by atoms with Gasteiger partial charge in [-0.15, -0.1) is 0 Å². The molecule has 1 fully saturated rings. The van der Waals surface area contributed by atoms with Crippen LogP contribution >= 0.6 is 0 Å². The molecule has 1 aromatic heterocycles. The van der Waals surface area contributed by atoms with E-state index in [1.54, 1.807) is 11.0 Å². The van der Waals surface area contributed by atoms with Gasteiger partial charge in [0.05, 0.1) is 42.5 Å². The van der Waals surface area contributed by atoms with E-state index in [2.05, 4.69) is 4.98 Å². The second-order valence-corrected chi connectivity index (χ2v) is 9.14. The summed E-state index contributed by atoms with van der Waals surface area (Å²) in [6.07, 6.45) is -4.73. The fourth-order valence-electron chi connectivity index (χ4n) is 4.51. The van der Waals surface area contributed by atoms with Crippen LogP contribution < -0.4 is 20.1 Å². The van der Waals surface area contributed by atoms with E-state index in [0.29, 0.717) is 31.9 Å². The van der Waals surface area contributed by atoms with Crippen LogP contribution in [0.1, 0.15) is 23.6 Å². The number of rotatable bonds is 5. The van der Waals surface area contributed by atoms with Crippen LogP contribution in [0.15, 0.2) is 41.2 Å². The van der Waals surface area contributed by atoms with Crippen molar-refractivity contribution in [2.75, 3.05) is 24.7 Å². The predicted octanol–water partition coefficient (Wildman–Crippen LogP) is 4.39. The van der Waals surface area contributed by atoms with Crippen LogP contribution in [-0.4, -0.2) is 34.8 Å². The van der Waals surface area contributed by atoms with Gasteiger partial charge in [0, 0.05) is 6.54 Å². The second-order valence-electron chi connectivity index (χ2n) is 9.14. The highest BCUT2D eigenvalue weighted by atomic mass is 19.4. The SMILES string of the molecule is C[C@@]12COCCN1c1c(F)c(OCc3ccc(Oc4cc(C#N)cc(C(F)(F)F)c4)c(F)c3)nc(=O)n1C2. The van der Waals surface area contributed by atoms with Crippen LogP contribution in [0.4, 0.5) is 27.8 Å². The van der Waals surface area contributed by atoms with E-state index in [9.17, 15) is 22.4 Å². The molecule has 0 spiro atoms. The predicted molar refractivity (Wildman–Crippen MR) is 122 cm³/mol. The molecule has 38 heavy (non-hydrogen) atoms. The number of alkyl halides is 3. The zero-order valence-electron chi connectivity index (χ0n) is 19.8. The summed E-state index contributed by atoms with van der Waals surface area (Å²) in [5.74, 6) is -3.02. The maximum Gasteiger partial charge on any atom is 0.416 e. The summed E-state index contributed by atoms with van der Waals surface area (Å²) in [7, 11) is 0. The first-order valence-electron chi connectivity index (χ1n) is 11.4. The maximum atomic E-state index is 15.3. The lowest BCUT2D eigenvalue weighted by molar-refractivity contribution is -0.137. The Balaban J connectivity index is 1.34. The molecular weight excluding hydrogens is 515 g/mol. The summed E-state index contributed by atoms with van der Waals surface area (Å²) >= 11 is 0. The van der Waals surface area contributed by atoms with Gasteiger partial charge in [-0.25, -0.2) is 9.18 Å². The lowest BCUT2D eigenvalue weighted by atomic mass is 10.0. The van der Waals surface area contributed by atoms with Gasteiger partial charge in [-0.1, -0.05) is 6.07 Å². The van der Waals surface area contributed by atoms with Crippen molar-refractivity contribution >= 4 is 5.82 Å². The highest BCUT2D eigenvalue weighted by Crippen LogP contribution is 2.38. The van der Waals surface area contributed by atoms with Crippen molar-refractivity contribution in [2.45, 2.75) is 31.8 Å². The van der Waals surface area contributed by atoms with E-state index >= 15 is 4.39 Å². The summed E-state index contributed by atoms with van der Waals surface area (Å²) in [4.78, 5) is 18.0. The summed E-state index contributed by atoms with van der Waals surface area (Å²) in [5.41, 5.74) is -2.50. The Bertz CT molecular complexity index is 1520. The fraction of sp³-hybridized carbons (Fsp3) is 0.320. The van der Waals surface area contributed by atoms with E-state index < -0.39 is 46.2 Å². The van der Waals surface area contributed by atoms with Crippen molar-refractivity contribution in [1.82, 2.24) is 9.55 Å². The molecule has 0 bridgehead atoms. The molecule has 2 aliphatic heterocycles. The minimum absolute atomic E-state index is 0.0542. The van der Waals surface area contributed by atoms with Gasteiger partial charge in [-0.3, -0.25) is 4.57 Å². The summed E-state index contributed by atoms with van der Waals surface area (Å²) in [6.45, 7) is 2.77. The van der Waals surface area contributed by atoms with Crippen LogP contribution in [0.25, 0.3) is 0 Å². The molecule has 2 aromatic carbocycles. The third-order valence-corrected chi connectivity index (χ3v) is 6.31. The van der Waals surface area contributed by atoms with Crippen LogP contribution in [0.3, 0.4) is 0 Å². The van der Waals surface area contributed by atoms with Crippen LogP contribution in [0, 0.1) is 23.0 Å². The Morgan fingerprint density at radius 1 is 1.21 bits per heavy atom. The number of nitriles is 1. The van der Waals surface area contributed by atoms with E-state index in [0.717, 1.165) is 18.2 Å². The van der Waals surface area contributed by atoms with Gasteiger partial charge in [0.2, 0.25) is 5.82 Å². The van der Waals surface area contributed by atoms with Crippen LogP contribution in [-0.2, 0) is 24.1 Å². The molecular formula is C25H19F5N4O4. The average Bonchev–Trinajstić information content (AvgIpc) is 3.20. The highest BCUT2D eigenvalue weighted by molar-refractivity contribution is 5.51. The molecule has 3 aromatic rings. The largest absolute Gasteiger partial charge is 0.471 e. The van der Waals surface area contributed by atoms with E-state index in [4.69, 9.17) is 19.5 Å². The normalized spacial score (nSPS) is 18.5. The summed E-state index contributed by atoms with van der Waals surface area (Å²) in [6, 6.07) is 7.46. The second kappa shape index (κ2) is 9.29.